The average Bonchev–Trinajstić information content (AvgIpc) is 2.95. The van der Waals surface area contributed by atoms with E-state index in [9.17, 15) is 14.6 Å². The summed E-state index contributed by atoms with van der Waals surface area (Å²) in [4.78, 5) is 0. The number of benzene rings is 1. The highest BCUT2D eigenvalue weighted by Gasteiger charge is 2.22. The van der Waals surface area contributed by atoms with Gasteiger partial charge in [-0.2, -0.15) is 0 Å². The number of rotatable bonds is 11. The van der Waals surface area contributed by atoms with Crippen LogP contribution in [0.1, 0.15) is 51.0 Å². The van der Waals surface area contributed by atoms with E-state index in [2.05, 4.69) is 13.0 Å². The first kappa shape index (κ1) is 22.3. The molecular formula is C23H32FNO3. The summed E-state index contributed by atoms with van der Waals surface area (Å²) in [6, 6.07) is 5.01. The van der Waals surface area contributed by atoms with E-state index in [-0.39, 0.29) is 19.0 Å². The molecule has 0 unspecified atom stereocenters. The third-order valence-electron chi connectivity index (χ3n) is 5.00. The van der Waals surface area contributed by atoms with Crippen molar-refractivity contribution in [3.05, 3.63) is 59.5 Å². The zero-order valence-electron chi connectivity index (χ0n) is 16.7. The number of unbranched alkanes of at least 4 members (excludes halogenated alkanes) is 2. The molecule has 2 rings (SSSR count). The molecule has 1 aliphatic carbocycles. The Hall–Kier alpha value is -1.95. The van der Waals surface area contributed by atoms with E-state index < -0.39 is 5.54 Å². The van der Waals surface area contributed by atoms with Gasteiger partial charge in [-0.3, -0.25) is 0 Å². The number of aliphatic hydroxyl groups excluding tert-OH is 2. The summed E-state index contributed by atoms with van der Waals surface area (Å²) in [6.07, 6.45) is 12.9. The summed E-state index contributed by atoms with van der Waals surface area (Å²) in [5.74, 6) is 0.260. The third-order valence-corrected chi connectivity index (χ3v) is 5.00. The predicted molar refractivity (Wildman–Crippen MR) is 112 cm³/mol. The number of aliphatic hydroxyl groups is 2. The van der Waals surface area contributed by atoms with Crippen LogP contribution in [-0.4, -0.2) is 35.6 Å². The average molecular weight is 390 g/mol. The summed E-state index contributed by atoms with van der Waals surface area (Å²) in [5, 5.41) is 18.6. The molecule has 4 nitrogen and oxygen atoms in total. The molecule has 0 bridgehead atoms. The van der Waals surface area contributed by atoms with Crippen molar-refractivity contribution in [3.8, 4) is 5.75 Å². The second-order valence-corrected chi connectivity index (χ2v) is 7.38. The minimum absolute atomic E-state index is 0.262. The zero-order valence-corrected chi connectivity index (χ0v) is 16.7. The first-order chi connectivity index (χ1) is 13.5. The zero-order chi connectivity index (χ0) is 20.4. The molecule has 4 N–H and O–H groups in total. The Morgan fingerprint density at radius 3 is 2.61 bits per heavy atom. The van der Waals surface area contributed by atoms with Crippen LogP contribution >= 0.6 is 0 Å². The molecule has 0 aromatic heterocycles. The number of nitrogens with two attached hydrogens (primary N) is 1. The maximum absolute atomic E-state index is 14.6. The van der Waals surface area contributed by atoms with E-state index in [4.69, 9.17) is 10.5 Å². The van der Waals surface area contributed by atoms with Crippen molar-refractivity contribution < 1.29 is 19.3 Å². The van der Waals surface area contributed by atoms with Gasteiger partial charge in [0.15, 0.2) is 0 Å². The van der Waals surface area contributed by atoms with E-state index in [0.29, 0.717) is 37.2 Å². The van der Waals surface area contributed by atoms with Gasteiger partial charge in [-0.1, -0.05) is 49.6 Å². The molecule has 0 aliphatic heterocycles. The fourth-order valence-electron chi connectivity index (χ4n) is 3.02. The first-order valence-corrected chi connectivity index (χ1v) is 10.0. The molecule has 0 spiro atoms. The topological polar surface area (TPSA) is 75.7 Å². The number of hydrogen-bond acceptors (Lipinski definition) is 4. The molecule has 0 saturated heterocycles. The Kier molecular flexibility index (Phi) is 8.90. The van der Waals surface area contributed by atoms with Crippen LogP contribution in [0.3, 0.4) is 0 Å². The molecule has 0 amide bonds. The van der Waals surface area contributed by atoms with Crippen LogP contribution < -0.4 is 10.5 Å². The summed E-state index contributed by atoms with van der Waals surface area (Å²) in [5.41, 5.74) is 7.38. The van der Waals surface area contributed by atoms with E-state index in [1.165, 1.54) is 6.07 Å². The highest BCUT2D eigenvalue weighted by Crippen LogP contribution is 2.27. The van der Waals surface area contributed by atoms with Crippen LogP contribution in [0.2, 0.25) is 0 Å². The smallest absolute Gasteiger partial charge is 0.134 e. The van der Waals surface area contributed by atoms with Crippen LogP contribution in [0.15, 0.2) is 48.1 Å². The van der Waals surface area contributed by atoms with Gasteiger partial charge in [0.2, 0.25) is 0 Å². The fraction of sp³-hybridized carbons (Fsp3) is 0.478. The van der Waals surface area contributed by atoms with Gasteiger partial charge in [0, 0.05) is 11.6 Å². The first-order valence-electron chi connectivity index (χ1n) is 10.0. The minimum Gasteiger partial charge on any atom is -0.493 e. The highest BCUT2D eigenvalue weighted by molar-refractivity contribution is 5.76. The van der Waals surface area contributed by atoms with E-state index >= 15 is 0 Å². The maximum Gasteiger partial charge on any atom is 0.134 e. The monoisotopic (exact) mass is 389 g/mol. The maximum atomic E-state index is 14.6. The predicted octanol–water partition coefficient (Wildman–Crippen LogP) is 4.13. The summed E-state index contributed by atoms with van der Waals surface area (Å²) < 4.78 is 20.2. The van der Waals surface area contributed by atoms with Crippen LogP contribution in [0.4, 0.5) is 4.39 Å². The Labute approximate surface area is 167 Å². The third kappa shape index (κ3) is 6.59. The van der Waals surface area contributed by atoms with Crippen molar-refractivity contribution >= 4 is 5.57 Å². The SMILES string of the molecule is CCCCCOc1ccc(C2=CCC=C(CCC(N)(CO)CO)C=C2)c(F)c1. The lowest BCUT2D eigenvalue weighted by Crippen LogP contribution is -2.47. The van der Waals surface area contributed by atoms with Crippen molar-refractivity contribution in [2.24, 2.45) is 5.73 Å². The van der Waals surface area contributed by atoms with Crippen molar-refractivity contribution in [3.63, 3.8) is 0 Å². The van der Waals surface area contributed by atoms with Gasteiger partial charge < -0.3 is 20.7 Å². The number of ether oxygens (including phenoxy) is 1. The second-order valence-electron chi connectivity index (χ2n) is 7.38. The van der Waals surface area contributed by atoms with E-state index in [1.54, 1.807) is 6.07 Å². The van der Waals surface area contributed by atoms with Crippen LogP contribution in [0.5, 0.6) is 5.75 Å². The van der Waals surface area contributed by atoms with Gasteiger partial charge in [-0.05, 0) is 43.4 Å². The molecule has 0 radical (unpaired) electrons. The van der Waals surface area contributed by atoms with Crippen molar-refractivity contribution in [1.82, 2.24) is 0 Å². The lowest BCUT2D eigenvalue weighted by Gasteiger charge is -2.24. The summed E-state index contributed by atoms with van der Waals surface area (Å²) in [7, 11) is 0. The number of allylic oxidation sites excluding steroid dienone is 6. The lowest BCUT2D eigenvalue weighted by molar-refractivity contribution is 0.115. The van der Waals surface area contributed by atoms with Gasteiger partial charge in [-0.15, -0.1) is 0 Å². The molecular weight excluding hydrogens is 357 g/mol. The molecule has 0 fully saturated rings. The summed E-state index contributed by atoms with van der Waals surface area (Å²) in [6.45, 7) is 2.21. The standard InChI is InChI=1S/C23H32FNO3/c1-2-3-4-14-28-20-10-11-21(22(24)15-20)19-7-5-6-18(8-9-19)12-13-23(25,16-26)17-27/h6-11,15,26-27H,2-5,12-14,16-17,25H2,1H3. The van der Waals surface area contributed by atoms with E-state index in [0.717, 1.165) is 30.4 Å². The molecule has 154 valence electrons. The number of halogens is 1. The largest absolute Gasteiger partial charge is 0.493 e. The molecule has 5 heteroatoms. The minimum atomic E-state index is -0.976. The Morgan fingerprint density at radius 2 is 1.93 bits per heavy atom. The molecule has 1 aromatic rings. The second kappa shape index (κ2) is 11.1. The molecule has 0 heterocycles. The van der Waals surface area contributed by atoms with Crippen LogP contribution in [0.25, 0.3) is 5.57 Å². The molecule has 28 heavy (non-hydrogen) atoms. The van der Waals surface area contributed by atoms with Gasteiger partial charge in [0.25, 0.3) is 0 Å². The van der Waals surface area contributed by atoms with Gasteiger partial charge in [0.05, 0.1) is 25.4 Å². The van der Waals surface area contributed by atoms with Crippen molar-refractivity contribution in [2.45, 2.75) is 51.0 Å². The Bertz CT molecular complexity index is 721. The highest BCUT2D eigenvalue weighted by atomic mass is 19.1. The number of hydrogen-bond donors (Lipinski definition) is 3. The lowest BCUT2D eigenvalue weighted by atomic mass is 9.93. The normalized spacial score (nSPS) is 14.5. The van der Waals surface area contributed by atoms with Gasteiger partial charge in [0.1, 0.15) is 11.6 Å². The Morgan fingerprint density at radius 1 is 1.14 bits per heavy atom. The quantitative estimate of drug-likeness (QED) is 0.498. The Balaban J connectivity index is 1.98. The van der Waals surface area contributed by atoms with Gasteiger partial charge in [-0.25, -0.2) is 4.39 Å². The van der Waals surface area contributed by atoms with Crippen molar-refractivity contribution in [2.75, 3.05) is 19.8 Å². The van der Waals surface area contributed by atoms with Crippen LogP contribution in [-0.2, 0) is 0 Å². The molecule has 1 aromatic carbocycles. The fourth-order valence-corrected chi connectivity index (χ4v) is 3.02. The molecule has 1 aliphatic rings. The van der Waals surface area contributed by atoms with Crippen LogP contribution in [0, 0.1) is 5.82 Å². The molecule has 0 atom stereocenters. The van der Waals surface area contributed by atoms with Crippen molar-refractivity contribution in [1.29, 1.82) is 0 Å². The molecule has 0 saturated carbocycles. The van der Waals surface area contributed by atoms with E-state index in [1.807, 2.05) is 24.3 Å². The van der Waals surface area contributed by atoms with Gasteiger partial charge >= 0.3 is 0 Å². The summed E-state index contributed by atoms with van der Waals surface area (Å²) >= 11 is 0.